The molecule has 0 N–H and O–H groups in total. The zero-order valence-corrected chi connectivity index (χ0v) is 17.4. The van der Waals surface area contributed by atoms with Crippen LogP contribution in [0, 0.1) is 3.57 Å². The van der Waals surface area contributed by atoms with E-state index in [1.165, 1.54) is 22.3 Å². The van der Waals surface area contributed by atoms with Gasteiger partial charge in [0.25, 0.3) is 0 Å². The largest absolute Gasteiger partial charge is 0.466 e. The van der Waals surface area contributed by atoms with Crippen molar-refractivity contribution in [3.05, 3.63) is 45.6 Å². The fourth-order valence-corrected chi connectivity index (χ4v) is 2.37. The second kappa shape index (κ2) is 10.4. The Morgan fingerprint density at radius 3 is 2.36 bits per heavy atom. The Balaban J connectivity index is 2.66. The summed E-state index contributed by atoms with van der Waals surface area (Å²) < 4.78 is 11.2. The van der Waals surface area contributed by atoms with Crippen LogP contribution in [0.25, 0.3) is 0 Å². The molecule has 1 rings (SSSR count). The Hall–Kier alpha value is -1.57. The molecule has 0 bridgehead atoms. The van der Waals surface area contributed by atoms with Gasteiger partial charge in [-0.15, -0.1) is 0 Å². The maximum absolute atomic E-state index is 12.4. The molecular formula is C19H26INO4. The molecule has 0 saturated carbocycles. The molecule has 0 radical (unpaired) electrons. The minimum absolute atomic E-state index is 0.343. The average molecular weight is 459 g/mol. The number of amides is 1. The van der Waals surface area contributed by atoms with E-state index < -0.39 is 11.6 Å². The lowest BCUT2D eigenvalue weighted by atomic mass is 10.1. The van der Waals surface area contributed by atoms with Crippen LogP contribution in [-0.4, -0.2) is 42.8 Å². The number of nitrogens with zero attached hydrogens (tertiary/aromatic N) is 1. The van der Waals surface area contributed by atoms with Crippen LogP contribution < -0.4 is 0 Å². The molecule has 1 aromatic rings. The maximum Gasteiger partial charge on any atom is 0.410 e. The van der Waals surface area contributed by atoms with Crippen molar-refractivity contribution in [2.24, 2.45) is 0 Å². The number of methoxy groups -OCH3 is 1. The SMILES string of the molecule is COC(=O)/C=C/CCN(CCc1ccc(I)cc1)C(=O)OC(C)(C)C. The molecule has 0 aliphatic carbocycles. The van der Waals surface area contributed by atoms with E-state index in [-0.39, 0.29) is 6.09 Å². The Kier molecular flexibility index (Phi) is 8.96. The van der Waals surface area contributed by atoms with Crippen LogP contribution >= 0.6 is 22.6 Å². The van der Waals surface area contributed by atoms with Gasteiger partial charge in [0.2, 0.25) is 0 Å². The first-order valence-electron chi connectivity index (χ1n) is 8.18. The molecular weight excluding hydrogens is 433 g/mol. The van der Waals surface area contributed by atoms with Crippen molar-refractivity contribution in [2.45, 2.75) is 39.2 Å². The standard InChI is InChI=1S/C19H26INO4/c1-19(2,3)25-18(23)21(13-6-5-7-17(22)24-4)14-12-15-8-10-16(20)11-9-15/h5,7-11H,6,12-14H2,1-4H3/b7-5+. The van der Waals surface area contributed by atoms with E-state index in [0.717, 1.165) is 6.42 Å². The van der Waals surface area contributed by atoms with Gasteiger partial charge in [0.15, 0.2) is 0 Å². The first-order valence-corrected chi connectivity index (χ1v) is 9.26. The highest BCUT2D eigenvalue weighted by molar-refractivity contribution is 14.1. The van der Waals surface area contributed by atoms with E-state index in [0.29, 0.717) is 19.5 Å². The summed E-state index contributed by atoms with van der Waals surface area (Å²) in [4.78, 5) is 25.2. The number of hydrogen-bond donors (Lipinski definition) is 0. The van der Waals surface area contributed by atoms with Gasteiger partial charge in [-0.3, -0.25) is 0 Å². The predicted molar refractivity (Wildman–Crippen MR) is 106 cm³/mol. The van der Waals surface area contributed by atoms with Crippen molar-refractivity contribution in [1.29, 1.82) is 0 Å². The summed E-state index contributed by atoms with van der Waals surface area (Å²) in [6.45, 7) is 6.58. The minimum atomic E-state index is -0.542. The molecule has 0 unspecified atom stereocenters. The second-order valence-electron chi connectivity index (χ2n) is 6.56. The average Bonchev–Trinajstić information content (AvgIpc) is 2.53. The zero-order valence-electron chi connectivity index (χ0n) is 15.3. The van der Waals surface area contributed by atoms with Crippen LogP contribution in [0.2, 0.25) is 0 Å². The lowest BCUT2D eigenvalue weighted by Crippen LogP contribution is -2.38. The van der Waals surface area contributed by atoms with Gasteiger partial charge in [0.1, 0.15) is 5.60 Å². The predicted octanol–water partition coefficient (Wildman–Crippen LogP) is 4.19. The summed E-state index contributed by atoms with van der Waals surface area (Å²) >= 11 is 2.26. The Morgan fingerprint density at radius 1 is 1.16 bits per heavy atom. The maximum atomic E-state index is 12.4. The molecule has 5 nitrogen and oxygen atoms in total. The van der Waals surface area contributed by atoms with Gasteiger partial charge in [-0.25, -0.2) is 9.59 Å². The first-order chi connectivity index (χ1) is 11.7. The molecule has 0 heterocycles. The van der Waals surface area contributed by atoms with Crippen molar-refractivity contribution >= 4 is 34.7 Å². The molecule has 25 heavy (non-hydrogen) atoms. The summed E-state index contributed by atoms with van der Waals surface area (Å²) in [5.41, 5.74) is 0.624. The number of benzene rings is 1. The lowest BCUT2D eigenvalue weighted by molar-refractivity contribution is -0.134. The number of carbonyl (C=O) groups is 2. The normalized spacial score (nSPS) is 11.4. The lowest BCUT2D eigenvalue weighted by Gasteiger charge is -2.27. The summed E-state index contributed by atoms with van der Waals surface area (Å²) in [5, 5.41) is 0. The third-order valence-corrected chi connectivity index (χ3v) is 3.98. The van der Waals surface area contributed by atoms with E-state index in [4.69, 9.17) is 4.74 Å². The summed E-state index contributed by atoms with van der Waals surface area (Å²) in [6.07, 6.45) is 4.03. The topological polar surface area (TPSA) is 55.8 Å². The highest BCUT2D eigenvalue weighted by atomic mass is 127. The van der Waals surface area contributed by atoms with Gasteiger partial charge >= 0.3 is 12.1 Å². The van der Waals surface area contributed by atoms with E-state index in [1.54, 1.807) is 11.0 Å². The number of carbonyl (C=O) groups excluding carboxylic acids is 2. The number of hydrogen-bond acceptors (Lipinski definition) is 4. The third-order valence-electron chi connectivity index (χ3n) is 3.26. The summed E-state index contributed by atoms with van der Waals surface area (Å²) in [7, 11) is 1.33. The van der Waals surface area contributed by atoms with Gasteiger partial charge < -0.3 is 14.4 Å². The second-order valence-corrected chi connectivity index (χ2v) is 7.80. The van der Waals surface area contributed by atoms with Gasteiger partial charge in [-0.2, -0.15) is 0 Å². The zero-order chi connectivity index (χ0) is 18.9. The molecule has 6 heteroatoms. The van der Waals surface area contributed by atoms with Gasteiger partial charge in [-0.05, 0) is 73.9 Å². The molecule has 1 amide bonds. The quantitative estimate of drug-likeness (QED) is 0.349. The smallest absolute Gasteiger partial charge is 0.410 e. The van der Waals surface area contributed by atoms with Gasteiger partial charge in [0.05, 0.1) is 7.11 Å². The highest BCUT2D eigenvalue weighted by Crippen LogP contribution is 2.12. The number of rotatable bonds is 7. The van der Waals surface area contributed by atoms with Crippen LogP contribution in [0.4, 0.5) is 4.79 Å². The van der Waals surface area contributed by atoms with E-state index >= 15 is 0 Å². The van der Waals surface area contributed by atoms with E-state index in [2.05, 4.69) is 39.5 Å². The fraction of sp³-hybridized carbons (Fsp3) is 0.474. The van der Waals surface area contributed by atoms with Crippen LogP contribution in [0.5, 0.6) is 0 Å². The van der Waals surface area contributed by atoms with Crippen molar-refractivity contribution < 1.29 is 19.1 Å². The van der Waals surface area contributed by atoms with E-state index in [9.17, 15) is 9.59 Å². The van der Waals surface area contributed by atoms with Crippen LogP contribution in [0.15, 0.2) is 36.4 Å². The van der Waals surface area contributed by atoms with Crippen LogP contribution in [0.1, 0.15) is 32.8 Å². The third kappa shape index (κ3) is 9.48. The Morgan fingerprint density at radius 2 is 1.80 bits per heavy atom. The molecule has 0 aromatic heterocycles. The fourth-order valence-electron chi connectivity index (χ4n) is 2.01. The van der Waals surface area contributed by atoms with Crippen LogP contribution in [-0.2, 0) is 20.7 Å². The number of esters is 1. The van der Waals surface area contributed by atoms with Crippen molar-refractivity contribution in [2.75, 3.05) is 20.2 Å². The van der Waals surface area contributed by atoms with Crippen molar-refractivity contribution in [3.8, 4) is 0 Å². The van der Waals surface area contributed by atoms with Crippen LogP contribution in [0.3, 0.4) is 0 Å². The summed E-state index contributed by atoms with van der Waals surface area (Å²) in [6, 6.07) is 8.22. The Bertz CT molecular complexity index is 590. The molecule has 1 aromatic carbocycles. The van der Waals surface area contributed by atoms with Gasteiger partial charge in [0, 0.05) is 22.7 Å². The Labute approximate surface area is 163 Å². The number of ether oxygens (including phenoxy) is 2. The number of halogens is 1. The first kappa shape index (κ1) is 21.5. The van der Waals surface area contributed by atoms with E-state index in [1.807, 2.05) is 32.9 Å². The molecule has 0 fully saturated rings. The molecule has 0 spiro atoms. The molecule has 0 aliphatic heterocycles. The molecule has 0 atom stereocenters. The highest BCUT2D eigenvalue weighted by Gasteiger charge is 2.21. The van der Waals surface area contributed by atoms with Crippen molar-refractivity contribution in [3.63, 3.8) is 0 Å². The van der Waals surface area contributed by atoms with Gasteiger partial charge in [-0.1, -0.05) is 18.2 Å². The molecule has 138 valence electrons. The molecule has 0 saturated heterocycles. The molecule has 0 aliphatic rings. The monoisotopic (exact) mass is 459 g/mol. The van der Waals surface area contributed by atoms with Crippen molar-refractivity contribution in [1.82, 2.24) is 4.90 Å². The minimum Gasteiger partial charge on any atom is -0.466 e. The summed E-state index contributed by atoms with van der Waals surface area (Å²) in [5.74, 6) is -0.400.